The zero-order valence-electron chi connectivity index (χ0n) is 11.3. The molecule has 0 spiro atoms. The highest BCUT2D eigenvalue weighted by molar-refractivity contribution is 9.10. The van der Waals surface area contributed by atoms with Crippen LogP contribution in [0.2, 0.25) is 0 Å². The molecule has 104 valence electrons. The standard InChI is InChI=1S/C16H16BrNO2/c1-8-2-5-12(11(17)6-8)18-15(19)13-9-3-4-10(7-9)14(13)16(18)20/h2,5-6,9-10,13-14H,3-4,7H2,1H3. The first-order valence-corrected chi connectivity index (χ1v) is 8.01. The Morgan fingerprint density at radius 3 is 2.25 bits per heavy atom. The van der Waals surface area contributed by atoms with E-state index in [1.165, 1.54) is 4.90 Å². The number of carbonyl (C=O) groups excluding carboxylic acids is 2. The molecule has 2 aliphatic carbocycles. The number of nitrogens with zero attached hydrogens (tertiary/aromatic N) is 1. The molecule has 4 rings (SSSR count). The molecule has 4 unspecified atom stereocenters. The lowest BCUT2D eigenvalue weighted by molar-refractivity contribution is -0.123. The van der Waals surface area contributed by atoms with Crippen molar-refractivity contribution < 1.29 is 9.59 Å². The maximum atomic E-state index is 12.7. The van der Waals surface area contributed by atoms with Gasteiger partial charge in [0.05, 0.1) is 17.5 Å². The van der Waals surface area contributed by atoms with Gasteiger partial charge >= 0.3 is 0 Å². The minimum absolute atomic E-state index is 0.0248. The summed E-state index contributed by atoms with van der Waals surface area (Å²) in [6.45, 7) is 2.00. The minimum atomic E-state index is -0.0468. The molecule has 20 heavy (non-hydrogen) atoms. The van der Waals surface area contributed by atoms with E-state index in [1.807, 2.05) is 25.1 Å². The molecule has 1 saturated heterocycles. The Labute approximate surface area is 126 Å². The number of aryl methyl sites for hydroxylation is 1. The van der Waals surface area contributed by atoms with Gasteiger partial charge in [0.25, 0.3) is 0 Å². The fraction of sp³-hybridized carbons (Fsp3) is 0.500. The molecule has 4 atom stereocenters. The highest BCUT2D eigenvalue weighted by atomic mass is 79.9. The zero-order chi connectivity index (χ0) is 14.0. The summed E-state index contributed by atoms with van der Waals surface area (Å²) < 4.78 is 0.825. The van der Waals surface area contributed by atoms with Gasteiger partial charge in [-0.25, -0.2) is 4.90 Å². The third kappa shape index (κ3) is 1.51. The lowest BCUT2D eigenvalue weighted by Gasteiger charge is -2.19. The van der Waals surface area contributed by atoms with Crippen LogP contribution in [0.25, 0.3) is 0 Å². The smallest absolute Gasteiger partial charge is 0.238 e. The molecule has 3 aliphatic rings. The quantitative estimate of drug-likeness (QED) is 0.739. The molecule has 3 fully saturated rings. The molecule has 2 bridgehead atoms. The zero-order valence-corrected chi connectivity index (χ0v) is 12.9. The van der Waals surface area contributed by atoms with Gasteiger partial charge in [0.2, 0.25) is 11.8 Å². The van der Waals surface area contributed by atoms with Crippen molar-refractivity contribution in [3.63, 3.8) is 0 Å². The Kier molecular flexibility index (Phi) is 2.62. The van der Waals surface area contributed by atoms with Crippen molar-refractivity contribution in [2.45, 2.75) is 26.2 Å². The van der Waals surface area contributed by atoms with Gasteiger partial charge in [-0.05, 0) is 71.6 Å². The Morgan fingerprint density at radius 2 is 1.70 bits per heavy atom. The first-order valence-electron chi connectivity index (χ1n) is 7.22. The molecule has 3 nitrogen and oxygen atoms in total. The summed E-state index contributed by atoms with van der Waals surface area (Å²) in [5.41, 5.74) is 1.82. The second-order valence-corrected chi connectivity index (χ2v) is 7.21. The van der Waals surface area contributed by atoms with Crippen LogP contribution in [-0.2, 0) is 9.59 Å². The largest absolute Gasteiger partial charge is 0.274 e. The number of imide groups is 1. The number of fused-ring (bicyclic) bond motifs is 5. The van der Waals surface area contributed by atoms with Crippen LogP contribution >= 0.6 is 15.9 Å². The highest BCUT2D eigenvalue weighted by Gasteiger charge is 2.61. The van der Waals surface area contributed by atoms with Crippen molar-refractivity contribution >= 4 is 33.4 Å². The fourth-order valence-electron chi connectivity index (χ4n) is 4.44. The molecule has 1 heterocycles. The summed E-state index contributed by atoms with van der Waals surface area (Å²) in [6.07, 6.45) is 3.32. The first kappa shape index (κ1) is 12.6. The van der Waals surface area contributed by atoms with Crippen LogP contribution in [0.15, 0.2) is 22.7 Å². The van der Waals surface area contributed by atoms with Gasteiger partial charge in [-0.1, -0.05) is 6.07 Å². The van der Waals surface area contributed by atoms with Gasteiger partial charge in [0.1, 0.15) is 0 Å². The van der Waals surface area contributed by atoms with Gasteiger partial charge in [-0.3, -0.25) is 9.59 Å². The van der Waals surface area contributed by atoms with E-state index in [0.29, 0.717) is 17.5 Å². The topological polar surface area (TPSA) is 37.4 Å². The third-order valence-corrected chi connectivity index (χ3v) is 5.91. The molecule has 1 aliphatic heterocycles. The van der Waals surface area contributed by atoms with Gasteiger partial charge in [0, 0.05) is 4.47 Å². The molecule has 4 heteroatoms. The maximum absolute atomic E-state index is 12.7. The second-order valence-electron chi connectivity index (χ2n) is 6.35. The van der Waals surface area contributed by atoms with Crippen LogP contribution in [0.1, 0.15) is 24.8 Å². The van der Waals surface area contributed by atoms with E-state index >= 15 is 0 Å². The molecule has 1 aromatic carbocycles. The average Bonchev–Trinajstić information content (AvgIpc) is 3.06. The highest BCUT2D eigenvalue weighted by Crippen LogP contribution is 2.56. The van der Waals surface area contributed by atoms with E-state index < -0.39 is 0 Å². The Bertz CT molecular complexity index is 599. The van der Waals surface area contributed by atoms with Gasteiger partial charge in [-0.2, -0.15) is 0 Å². The van der Waals surface area contributed by atoms with E-state index in [-0.39, 0.29) is 23.7 Å². The normalized spacial score (nSPS) is 35.0. The van der Waals surface area contributed by atoms with E-state index in [1.54, 1.807) is 0 Å². The SMILES string of the molecule is Cc1ccc(N2C(=O)C3C4CCC(C4)C3C2=O)c(Br)c1. The summed E-state index contributed by atoms with van der Waals surface area (Å²) in [5.74, 6) is 0.837. The van der Waals surface area contributed by atoms with Gasteiger partial charge in [-0.15, -0.1) is 0 Å². The van der Waals surface area contributed by atoms with Crippen LogP contribution in [0.5, 0.6) is 0 Å². The van der Waals surface area contributed by atoms with E-state index in [0.717, 1.165) is 29.3 Å². The van der Waals surface area contributed by atoms with Crippen LogP contribution in [0.4, 0.5) is 5.69 Å². The van der Waals surface area contributed by atoms with E-state index in [4.69, 9.17) is 0 Å². The van der Waals surface area contributed by atoms with Crippen molar-refractivity contribution in [1.82, 2.24) is 0 Å². The van der Waals surface area contributed by atoms with Crippen LogP contribution < -0.4 is 4.90 Å². The Hall–Kier alpha value is -1.16. The number of halogens is 1. The number of carbonyl (C=O) groups is 2. The Morgan fingerprint density at radius 1 is 1.10 bits per heavy atom. The number of anilines is 1. The van der Waals surface area contributed by atoms with Crippen molar-refractivity contribution in [2.75, 3.05) is 4.90 Å². The number of benzene rings is 1. The van der Waals surface area contributed by atoms with E-state index in [9.17, 15) is 9.59 Å². The maximum Gasteiger partial charge on any atom is 0.238 e. The Balaban J connectivity index is 1.77. The summed E-state index contributed by atoms with van der Waals surface area (Å²) in [6, 6.07) is 5.78. The van der Waals surface area contributed by atoms with E-state index in [2.05, 4.69) is 15.9 Å². The van der Waals surface area contributed by atoms with Crippen molar-refractivity contribution in [2.24, 2.45) is 23.7 Å². The lowest BCUT2D eigenvalue weighted by atomic mass is 9.81. The number of rotatable bonds is 1. The van der Waals surface area contributed by atoms with Gasteiger partial charge in [0.15, 0.2) is 0 Å². The summed E-state index contributed by atoms with van der Waals surface area (Å²) in [5, 5.41) is 0. The number of amides is 2. The predicted octanol–water partition coefficient (Wildman–Crippen LogP) is 3.29. The lowest BCUT2D eigenvalue weighted by Crippen LogP contribution is -2.33. The predicted molar refractivity (Wildman–Crippen MR) is 79.2 cm³/mol. The molecule has 2 saturated carbocycles. The monoisotopic (exact) mass is 333 g/mol. The summed E-state index contributed by atoms with van der Waals surface area (Å²) in [7, 11) is 0. The van der Waals surface area contributed by atoms with Crippen molar-refractivity contribution in [3.8, 4) is 0 Å². The van der Waals surface area contributed by atoms with Crippen molar-refractivity contribution in [1.29, 1.82) is 0 Å². The van der Waals surface area contributed by atoms with Crippen LogP contribution in [0, 0.1) is 30.6 Å². The molecule has 0 N–H and O–H groups in total. The molecule has 0 aromatic heterocycles. The third-order valence-electron chi connectivity index (χ3n) is 5.27. The number of hydrogen-bond acceptors (Lipinski definition) is 2. The second kappa shape index (κ2) is 4.17. The summed E-state index contributed by atoms with van der Waals surface area (Å²) in [4.78, 5) is 26.9. The average molecular weight is 334 g/mol. The van der Waals surface area contributed by atoms with Crippen LogP contribution in [0.3, 0.4) is 0 Å². The molecule has 0 radical (unpaired) electrons. The molecular weight excluding hydrogens is 318 g/mol. The first-order chi connectivity index (χ1) is 9.58. The fourth-order valence-corrected chi connectivity index (χ4v) is 5.11. The van der Waals surface area contributed by atoms with Crippen molar-refractivity contribution in [3.05, 3.63) is 28.2 Å². The van der Waals surface area contributed by atoms with Gasteiger partial charge < -0.3 is 0 Å². The van der Waals surface area contributed by atoms with Crippen LogP contribution in [-0.4, -0.2) is 11.8 Å². The number of hydrogen-bond donors (Lipinski definition) is 0. The minimum Gasteiger partial charge on any atom is -0.274 e. The molecule has 2 amide bonds. The summed E-state index contributed by atoms with van der Waals surface area (Å²) >= 11 is 3.49. The molecule has 1 aromatic rings. The molecular formula is C16H16BrNO2.